The number of nitrogens with one attached hydrogen (secondary N) is 1. The van der Waals surface area contributed by atoms with Crippen molar-refractivity contribution in [1.82, 2.24) is 14.6 Å². The maximum Gasteiger partial charge on any atom is 0.240 e. The molecule has 13 heteroatoms. The molecule has 0 spiro atoms. The zero-order valence-corrected chi connectivity index (χ0v) is 35.4. The highest BCUT2D eigenvalue weighted by Gasteiger charge is 2.61. The summed E-state index contributed by atoms with van der Waals surface area (Å²) in [7, 11) is -2.27. The summed E-state index contributed by atoms with van der Waals surface area (Å²) < 4.78 is 46.0. The van der Waals surface area contributed by atoms with Crippen molar-refractivity contribution in [3.63, 3.8) is 0 Å². The monoisotopic (exact) mass is 807 g/mol. The van der Waals surface area contributed by atoms with Crippen molar-refractivity contribution in [1.29, 1.82) is 0 Å². The fourth-order valence-corrected chi connectivity index (χ4v) is 10.4. The molecule has 3 aliphatic carbocycles. The number of amides is 2. The van der Waals surface area contributed by atoms with Gasteiger partial charge in [-0.3, -0.25) is 23.9 Å². The number of ether oxygens (including phenoxy) is 3. The third-order valence-electron chi connectivity index (χ3n) is 12.9. The minimum atomic E-state index is -3.85. The lowest BCUT2D eigenvalue weighted by molar-refractivity contribution is -0.147. The molecule has 2 heterocycles. The van der Waals surface area contributed by atoms with Gasteiger partial charge in [0.25, 0.3) is 0 Å². The Balaban J connectivity index is 1.24. The van der Waals surface area contributed by atoms with Crippen LogP contribution in [0.5, 0.6) is 11.6 Å². The smallest absolute Gasteiger partial charge is 0.240 e. The molecule has 0 radical (unpaired) electrons. The number of carbonyl (C=O) groups is 4. The first-order valence-corrected chi connectivity index (χ1v) is 22.2. The van der Waals surface area contributed by atoms with Gasteiger partial charge in [0.05, 0.1) is 36.5 Å². The summed E-state index contributed by atoms with van der Waals surface area (Å²) in [5.41, 5.74) is -1.94. The highest BCUT2D eigenvalue weighted by Crippen LogP contribution is 2.57. The second-order valence-corrected chi connectivity index (χ2v) is 20.5. The molecule has 57 heavy (non-hydrogen) atoms. The number of aromatic nitrogens is 1. The van der Waals surface area contributed by atoms with Gasteiger partial charge in [0, 0.05) is 36.8 Å². The van der Waals surface area contributed by atoms with E-state index in [-0.39, 0.29) is 62.4 Å². The number of Topliss-reactive ketones (excluding diaryl/α,β-unsaturated/α-hetero) is 2. The lowest BCUT2D eigenvalue weighted by Crippen LogP contribution is -2.48. The first kappa shape index (κ1) is 42.8. The number of hydrogen-bond acceptors (Lipinski definition) is 10. The van der Waals surface area contributed by atoms with Gasteiger partial charge in [-0.1, -0.05) is 54.0 Å². The molecule has 1 aliphatic heterocycles. The molecule has 0 bridgehead atoms. The Kier molecular flexibility index (Phi) is 12.6. The van der Waals surface area contributed by atoms with E-state index in [9.17, 15) is 27.6 Å². The van der Waals surface area contributed by atoms with Crippen LogP contribution >= 0.6 is 0 Å². The molecule has 312 valence electrons. The summed E-state index contributed by atoms with van der Waals surface area (Å²) in [4.78, 5) is 62.7. The minimum absolute atomic E-state index is 0.0191. The molecular formula is C44H61N3O9S. The molecule has 1 unspecified atom stereocenters. The molecule has 4 aliphatic rings. The van der Waals surface area contributed by atoms with Gasteiger partial charge in [0.2, 0.25) is 27.7 Å². The van der Waals surface area contributed by atoms with E-state index in [1.54, 1.807) is 25.4 Å². The van der Waals surface area contributed by atoms with Crippen LogP contribution in [-0.2, 0) is 33.9 Å². The van der Waals surface area contributed by atoms with E-state index in [4.69, 9.17) is 14.2 Å². The van der Waals surface area contributed by atoms with Gasteiger partial charge in [0.15, 0.2) is 11.6 Å². The molecule has 1 aromatic carbocycles. The van der Waals surface area contributed by atoms with Crippen molar-refractivity contribution in [3.8, 4) is 11.6 Å². The molecule has 12 nitrogen and oxygen atoms in total. The first-order chi connectivity index (χ1) is 26.9. The number of methoxy groups -OCH3 is 1. The number of pyridine rings is 1. The lowest BCUT2D eigenvalue weighted by Gasteiger charge is -2.37. The number of allylic oxidation sites excluding steroid dienone is 1. The van der Waals surface area contributed by atoms with Gasteiger partial charge < -0.3 is 19.1 Å². The number of fused-ring (bicyclic) bond motifs is 1. The Morgan fingerprint density at radius 2 is 1.82 bits per heavy atom. The van der Waals surface area contributed by atoms with Crippen LogP contribution < -0.4 is 14.2 Å². The molecular weight excluding hydrogens is 747 g/mol. The van der Waals surface area contributed by atoms with Crippen molar-refractivity contribution in [2.45, 2.75) is 123 Å². The van der Waals surface area contributed by atoms with Crippen molar-refractivity contribution in [3.05, 3.63) is 43.1 Å². The maximum absolute atomic E-state index is 14.8. The average Bonchev–Trinajstić information content (AvgIpc) is 4.08. The normalized spacial score (nSPS) is 28.2. The number of benzene rings is 1. The zero-order valence-electron chi connectivity index (χ0n) is 34.6. The Labute approximate surface area is 337 Å². The fourth-order valence-electron chi connectivity index (χ4n) is 9.00. The SMILES string of the molecule is C=C[C@@H]1C[C@]1(CC(=O)[C@@H]1CC(Oc2nccc3cc(OC)ccc23)CN1C(=O)[C@@H](CC(=O)CO[C@@H]1C[C@H](C)CC[C@H]1C(C)C)C(C)(C)C)C(=O)NS(=O)(=O)C1CC1. The molecule has 1 aromatic heterocycles. The topological polar surface area (TPSA) is 158 Å². The van der Waals surface area contributed by atoms with Crippen molar-refractivity contribution in [2.75, 3.05) is 20.3 Å². The largest absolute Gasteiger partial charge is 0.497 e. The summed E-state index contributed by atoms with van der Waals surface area (Å²) in [5, 5.41) is 0.965. The van der Waals surface area contributed by atoms with Crippen LogP contribution in [0.2, 0.25) is 0 Å². The van der Waals surface area contributed by atoms with Gasteiger partial charge in [-0.15, -0.1) is 6.58 Å². The van der Waals surface area contributed by atoms with E-state index in [2.05, 4.69) is 37.1 Å². The molecule has 4 fully saturated rings. The Morgan fingerprint density at radius 3 is 2.46 bits per heavy atom. The van der Waals surface area contributed by atoms with E-state index in [0.717, 1.165) is 30.0 Å². The standard InChI is InChI=1S/C44H61N3O9S/c1-9-29-22-44(29,42(51)46-57(52,53)33-12-13-33)23-38(49)37-21-32(56-40-35-15-11-31(54-8)19-28(35)16-17-45-40)24-47(37)41(50)36(43(5,6)7)20-30(48)25-55-39-18-27(4)10-14-34(39)26(2)3/h9,11,15-17,19,26-27,29,32-34,36-37,39H,1,10,12-14,18,20-25H2,2-8H3,(H,46,51)/t27-,29-,32?,34+,36-,37+,39-,44-/m1/s1. The fraction of sp³-hybridized carbons (Fsp3) is 0.659. The Morgan fingerprint density at radius 1 is 1.09 bits per heavy atom. The van der Waals surface area contributed by atoms with Crippen LogP contribution in [0.3, 0.4) is 0 Å². The van der Waals surface area contributed by atoms with Crippen molar-refractivity contribution < 1.29 is 41.8 Å². The molecule has 8 atom stereocenters. The Hall–Kier alpha value is -3.84. The number of sulfonamides is 1. The summed E-state index contributed by atoms with van der Waals surface area (Å²) in [6, 6.07) is 6.37. The molecule has 1 N–H and O–H groups in total. The van der Waals surface area contributed by atoms with Crippen LogP contribution in [0.25, 0.3) is 10.8 Å². The van der Waals surface area contributed by atoms with Crippen LogP contribution in [-0.4, -0.2) is 85.4 Å². The molecule has 1 saturated heterocycles. The molecule has 2 aromatic rings. The first-order valence-electron chi connectivity index (χ1n) is 20.6. The predicted octanol–water partition coefficient (Wildman–Crippen LogP) is 6.45. The highest BCUT2D eigenvalue weighted by atomic mass is 32.2. The van der Waals surface area contributed by atoms with Gasteiger partial charge in [-0.2, -0.15) is 0 Å². The van der Waals surface area contributed by atoms with Crippen LogP contribution in [0.4, 0.5) is 0 Å². The van der Waals surface area contributed by atoms with Gasteiger partial charge in [0.1, 0.15) is 18.5 Å². The third kappa shape index (κ3) is 9.56. The number of hydrogen-bond donors (Lipinski definition) is 1. The van der Waals surface area contributed by atoms with Gasteiger partial charge in [-0.25, -0.2) is 13.4 Å². The summed E-state index contributed by atoms with van der Waals surface area (Å²) in [6.45, 7) is 16.1. The molecule has 2 amide bonds. The second kappa shape index (κ2) is 16.8. The van der Waals surface area contributed by atoms with Gasteiger partial charge >= 0.3 is 0 Å². The Bertz CT molecular complexity index is 1970. The summed E-state index contributed by atoms with van der Waals surface area (Å²) in [6.07, 6.45) is 6.69. The number of carbonyl (C=O) groups excluding carboxylic acids is 4. The summed E-state index contributed by atoms with van der Waals surface area (Å²) in [5.74, 6) is -0.462. The van der Waals surface area contributed by atoms with Crippen molar-refractivity contribution >= 4 is 44.2 Å². The second-order valence-electron chi connectivity index (χ2n) is 18.5. The van der Waals surface area contributed by atoms with Crippen molar-refractivity contribution in [2.24, 2.45) is 40.4 Å². The van der Waals surface area contributed by atoms with E-state index in [1.165, 1.54) is 4.90 Å². The predicted molar refractivity (Wildman–Crippen MR) is 217 cm³/mol. The minimum Gasteiger partial charge on any atom is -0.497 e. The van der Waals surface area contributed by atoms with Gasteiger partial charge in [-0.05, 0) is 90.8 Å². The van der Waals surface area contributed by atoms with E-state index in [0.29, 0.717) is 42.2 Å². The van der Waals surface area contributed by atoms with E-state index < -0.39 is 56.0 Å². The number of likely N-dealkylation sites (tertiary alicyclic amines) is 1. The third-order valence-corrected chi connectivity index (χ3v) is 14.7. The zero-order chi connectivity index (χ0) is 41.4. The highest BCUT2D eigenvalue weighted by molar-refractivity contribution is 7.90. The van der Waals surface area contributed by atoms with Crippen LogP contribution in [0.15, 0.2) is 43.1 Å². The lowest BCUT2D eigenvalue weighted by atomic mass is 9.75. The summed E-state index contributed by atoms with van der Waals surface area (Å²) >= 11 is 0. The van der Waals surface area contributed by atoms with E-state index in [1.807, 2.05) is 39.0 Å². The van der Waals surface area contributed by atoms with E-state index >= 15 is 0 Å². The average molecular weight is 808 g/mol. The quantitative estimate of drug-likeness (QED) is 0.176. The molecule has 6 rings (SSSR count). The number of nitrogens with zero attached hydrogens (tertiary/aromatic N) is 2. The molecule has 3 saturated carbocycles. The van der Waals surface area contributed by atoms with Crippen LogP contribution in [0.1, 0.15) is 99.3 Å². The number of ketones is 2. The van der Waals surface area contributed by atoms with Crippen LogP contribution in [0, 0.1) is 40.4 Å². The maximum atomic E-state index is 14.8. The number of rotatable bonds is 17.